The highest BCUT2D eigenvalue weighted by Gasteiger charge is 2.23. The maximum absolute atomic E-state index is 11.8. The molecule has 7 nitrogen and oxygen atoms in total. The zero-order chi connectivity index (χ0) is 15.7. The van der Waals surface area contributed by atoms with E-state index in [-0.39, 0.29) is 16.7 Å². The number of anilines is 1. The zero-order valence-corrected chi connectivity index (χ0v) is 12.5. The van der Waals surface area contributed by atoms with Gasteiger partial charge in [-0.2, -0.15) is 0 Å². The number of nitro benzene ring substituents is 1. The summed E-state index contributed by atoms with van der Waals surface area (Å²) in [5.41, 5.74) is 1.82. The van der Waals surface area contributed by atoms with Crippen LogP contribution in [0.5, 0.6) is 0 Å². The van der Waals surface area contributed by atoms with Gasteiger partial charge >= 0.3 is 0 Å². The fourth-order valence-electron chi connectivity index (χ4n) is 2.66. The number of hydrogen-bond donors (Lipinski definition) is 2. The van der Waals surface area contributed by atoms with Crippen LogP contribution in [0.1, 0.15) is 18.4 Å². The summed E-state index contributed by atoms with van der Waals surface area (Å²) in [6, 6.07) is 4.71. The quantitative estimate of drug-likeness (QED) is 0.380. The molecule has 22 heavy (non-hydrogen) atoms. The Morgan fingerprint density at radius 2 is 2.00 bits per heavy atom. The van der Waals surface area contributed by atoms with E-state index in [4.69, 9.17) is 12.2 Å². The van der Waals surface area contributed by atoms with E-state index in [1.54, 1.807) is 12.1 Å². The lowest BCUT2D eigenvalue weighted by molar-refractivity contribution is -0.384. The van der Waals surface area contributed by atoms with Crippen molar-refractivity contribution >= 4 is 40.7 Å². The Bertz CT molecular complexity index is 695. The molecule has 0 saturated carbocycles. The van der Waals surface area contributed by atoms with E-state index in [2.05, 4.69) is 15.5 Å². The number of carbonyl (C=O) groups is 1. The van der Waals surface area contributed by atoms with E-state index in [1.165, 1.54) is 12.1 Å². The van der Waals surface area contributed by atoms with Crippen LogP contribution >= 0.6 is 12.2 Å². The van der Waals surface area contributed by atoms with Gasteiger partial charge < -0.3 is 10.2 Å². The molecule has 0 aromatic heterocycles. The molecule has 8 heteroatoms. The van der Waals surface area contributed by atoms with Gasteiger partial charge in [-0.1, -0.05) is 0 Å². The molecule has 1 aromatic carbocycles. The number of nitrogens with zero attached hydrogens (tertiary/aromatic N) is 2. The zero-order valence-electron chi connectivity index (χ0n) is 11.7. The fourth-order valence-corrected chi connectivity index (χ4v) is 2.86. The third kappa shape index (κ3) is 2.77. The lowest BCUT2D eigenvalue weighted by atomic mass is 10.1. The summed E-state index contributed by atoms with van der Waals surface area (Å²) in [7, 11) is 0. The van der Waals surface area contributed by atoms with Crippen molar-refractivity contribution in [1.82, 2.24) is 10.6 Å². The Balaban J connectivity index is 2.04. The summed E-state index contributed by atoms with van der Waals surface area (Å²) in [6.07, 6.45) is 3.79. The van der Waals surface area contributed by atoms with Crippen molar-refractivity contribution in [2.45, 2.75) is 12.8 Å². The molecule has 0 spiro atoms. The first-order valence-corrected chi connectivity index (χ1v) is 7.33. The fraction of sp³-hybridized carbons (Fsp3) is 0.286. The maximum atomic E-state index is 11.8. The second kappa shape index (κ2) is 5.72. The molecule has 0 aliphatic carbocycles. The van der Waals surface area contributed by atoms with Crippen molar-refractivity contribution < 1.29 is 9.72 Å². The Morgan fingerprint density at radius 1 is 1.27 bits per heavy atom. The van der Waals surface area contributed by atoms with Gasteiger partial charge in [-0.25, -0.2) is 0 Å². The van der Waals surface area contributed by atoms with Crippen molar-refractivity contribution in [1.29, 1.82) is 0 Å². The molecule has 2 saturated heterocycles. The normalized spacial score (nSPS) is 19.5. The van der Waals surface area contributed by atoms with E-state index < -0.39 is 4.92 Å². The molecule has 3 rings (SSSR count). The first-order valence-electron chi connectivity index (χ1n) is 6.92. The van der Waals surface area contributed by atoms with Gasteiger partial charge in [-0.15, -0.1) is 0 Å². The maximum Gasteiger partial charge on any atom is 0.273 e. The lowest BCUT2D eigenvalue weighted by Crippen LogP contribution is -2.21. The van der Waals surface area contributed by atoms with Gasteiger partial charge in [0.15, 0.2) is 5.11 Å². The largest absolute Gasteiger partial charge is 0.371 e. The van der Waals surface area contributed by atoms with Crippen LogP contribution in [0.4, 0.5) is 11.4 Å². The Kier molecular flexibility index (Phi) is 3.76. The molecule has 114 valence electrons. The summed E-state index contributed by atoms with van der Waals surface area (Å²) >= 11 is 4.89. The number of hydrogen-bond acceptors (Lipinski definition) is 5. The van der Waals surface area contributed by atoms with Crippen molar-refractivity contribution in [2.24, 2.45) is 0 Å². The minimum Gasteiger partial charge on any atom is -0.371 e. The van der Waals surface area contributed by atoms with Gasteiger partial charge in [0.05, 0.1) is 4.92 Å². The standard InChI is InChI=1S/C14H14N4O3S/c19-13-11(15-14(22)16-13)8-9-7-10(18(20)21)3-4-12(9)17-5-1-2-6-17/h3-4,7-8H,1-2,5-6H2,(H2,15,16,19,22)/b11-8-. The molecule has 2 N–H and O–H groups in total. The number of nitrogens with one attached hydrogen (secondary N) is 2. The topological polar surface area (TPSA) is 87.5 Å². The Morgan fingerprint density at radius 3 is 2.59 bits per heavy atom. The van der Waals surface area contributed by atoms with Crippen LogP contribution in [0.3, 0.4) is 0 Å². The van der Waals surface area contributed by atoms with Crippen molar-refractivity contribution in [2.75, 3.05) is 18.0 Å². The van der Waals surface area contributed by atoms with Crippen molar-refractivity contribution in [3.05, 3.63) is 39.6 Å². The van der Waals surface area contributed by atoms with Gasteiger partial charge in [0.25, 0.3) is 11.6 Å². The highest BCUT2D eigenvalue weighted by atomic mass is 32.1. The summed E-state index contributed by atoms with van der Waals surface area (Å²) < 4.78 is 0. The van der Waals surface area contributed by atoms with Crippen molar-refractivity contribution in [3.8, 4) is 0 Å². The number of thiocarbonyl (C=S) groups is 1. The highest BCUT2D eigenvalue weighted by Crippen LogP contribution is 2.30. The number of rotatable bonds is 3. The van der Waals surface area contributed by atoms with Crippen LogP contribution in [-0.2, 0) is 4.79 Å². The predicted molar refractivity (Wildman–Crippen MR) is 86.4 cm³/mol. The minimum atomic E-state index is -0.442. The van der Waals surface area contributed by atoms with Crippen LogP contribution < -0.4 is 15.5 Å². The number of benzene rings is 1. The first kappa shape index (κ1) is 14.5. The Hall–Kier alpha value is -2.48. The summed E-state index contributed by atoms with van der Waals surface area (Å²) in [5.74, 6) is -0.330. The van der Waals surface area contributed by atoms with Gasteiger partial charge in [-0.05, 0) is 37.2 Å². The third-order valence-electron chi connectivity index (χ3n) is 3.69. The molecule has 2 heterocycles. The lowest BCUT2D eigenvalue weighted by Gasteiger charge is -2.20. The number of non-ortho nitro benzene ring substituents is 1. The highest BCUT2D eigenvalue weighted by molar-refractivity contribution is 7.80. The molecule has 0 unspecified atom stereocenters. The molecule has 2 aliphatic heterocycles. The van der Waals surface area contributed by atoms with E-state index in [0.29, 0.717) is 11.3 Å². The van der Waals surface area contributed by atoms with Gasteiger partial charge in [0, 0.05) is 36.5 Å². The average molecular weight is 318 g/mol. The van der Waals surface area contributed by atoms with Crippen LogP contribution in [0.15, 0.2) is 23.9 Å². The number of carbonyl (C=O) groups excluding carboxylic acids is 1. The Labute approximate surface area is 132 Å². The summed E-state index contributed by atoms with van der Waals surface area (Å²) in [6.45, 7) is 1.82. The van der Waals surface area contributed by atoms with E-state index in [9.17, 15) is 14.9 Å². The van der Waals surface area contributed by atoms with Gasteiger partial charge in [0.2, 0.25) is 0 Å². The number of nitro groups is 1. The summed E-state index contributed by atoms with van der Waals surface area (Å²) in [5, 5.41) is 16.5. The van der Waals surface area contributed by atoms with E-state index in [1.807, 2.05) is 0 Å². The van der Waals surface area contributed by atoms with Crippen LogP contribution in [0, 0.1) is 10.1 Å². The minimum absolute atomic E-state index is 0.00391. The molecular formula is C14H14N4O3S. The monoisotopic (exact) mass is 318 g/mol. The van der Waals surface area contributed by atoms with Crippen LogP contribution in [0.25, 0.3) is 6.08 Å². The molecule has 0 atom stereocenters. The summed E-state index contributed by atoms with van der Waals surface area (Å²) in [4.78, 5) is 24.5. The molecule has 2 aliphatic rings. The van der Waals surface area contributed by atoms with Crippen LogP contribution in [0.2, 0.25) is 0 Å². The SMILES string of the molecule is O=C1NC(=S)N/C1=C\c1cc([N+](=O)[O-])ccc1N1CCCC1. The van der Waals surface area contributed by atoms with E-state index in [0.717, 1.165) is 31.6 Å². The van der Waals surface area contributed by atoms with Gasteiger partial charge in [-0.3, -0.25) is 20.2 Å². The molecule has 0 bridgehead atoms. The molecule has 2 fully saturated rings. The molecule has 0 radical (unpaired) electrons. The van der Waals surface area contributed by atoms with E-state index >= 15 is 0 Å². The average Bonchev–Trinajstić information content (AvgIpc) is 3.09. The molecule has 1 aromatic rings. The number of amides is 1. The predicted octanol–water partition coefficient (Wildman–Crippen LogP) is 1.54. The first-order chi connectivity index (χ1) is 10.5. The second-order valence-electron chi connectivity index (χ2n) is 5.16. The second-order valence-corrected chi connectivity index (χ2v) is 5.57. The molecule has 1 amide bonds. The van der Waals surface area contributed by atoms with Crippen molar-refractivity contribution in [3.63, 3.8) is 0 Å². The smallest absolute Gasteiger partial charge is 0.273 e. The van der Waals surface area contributed by atoms with Gasteiger partial charge in [0.1, 0.15) is 5.70 Å². The third-order valence-corrected chi connectivity index (χ3v) is 3.89. The molecular weight excluding hydrogens is 304 g/mol. The van der Waals surface area contributed by atoms with Crippen LogP contribution in [-0.4, -0.2) is 29.0 Å².